The third-order valence-electron chi connectivity index (χ3n) is 2.10. The van der Waals surface area contributed by atoms with Crippen molar-refractivity contribution in [2.24, 2.45) is 0 Å². The van der Waals surface area contributed by atoms with Crippen LogP contribution in [0.2, 0.25) is 0 Å². The lowest BCUT2D eigenvalue weighted by atomic mass is 10.4. The van der Waals surface area contributed by atoms with Crippen molar-refractivity contribution in [3.63, 3.8) is 0 Å². The van der Waals surface area contributed by atoms with Crippen LogP contribution < -0.4 is 4.72 Å². The van der Waals surface area contributed by atoms with Gasteiger partial charge in [-0.2, -0.15) is 5.10 Å². The molecule has 0 saturated carbocycles. The Balaban J connectivity index is 2.75. The van der Waals surface area contributed by atoms with E-state index < -0.39 is 22.0 Å². The van der Waals surface area contributed by atoms with Crippen molar-refractivity contribution in [2.45, 2.75) is 30.8 Å². The summed E-state index contributed by atoms with van der Waals surface area (Å²) in [6.07, 6.45) is 2.24. The van der Waals surface area contributed by atoms with E-state index in [1.165, 1.54) is 17.8 Å². The molecule has 1 aromatic rings. The molecule has 1 heterocycles. The number of carboxylic acid groups (broad SMARTS) is 1. The molecule has 1 rings (SSSR count). The standard InChI is InChI=1S/C9H15N3O5S/c1-7(6-13)11-18(16,17)8-4-10-12(5-8)3-2-9(14)15/h4-5,7,11,13H,2-3,6H2,1H3,(H,14,15). The summed E-state index contributed by atoms with van der Waals surface area (Å²) in [4.78, 5) is 10.3. The highest BCUT2D eigenvalue weighted by atomic mass is 32.2. The molecule has 18 heavy (non-hydrogen) atoms. The second-order valence-electron chi connectivity index (χ2n) is 3.79. The van der Waals surface area contributed by atoms with Crippen LogP contribution in [0.4, 0.5) is 0 Å². The summed E-state index contributed by atoms with van der Waals surface area (Å²) in [7, 11) is -3.73. The van der Waals surface area contributed by atoms with Crippen LogP contribution in [-0.4, -0.2) is 47.0 Å². The first kappa shape index (κ1) is 14.6. The summed E-state index contributed by atoms with van der Waals surface area (Å²) in [6, 6.07) is -0.600. The molecule has 1 atom stereocenters. The summed E-state index contributed by atoms with van der Waals surface area (Å²) >= 11 is 0. The number of rotatable bonds is 7. The number of hydrogen-bond acceptors (Lipinski definition) is 5. The van der Waals surface area contributed by atoms with E-state index in [0.717, 1.165) is 6.20 Å². The van der Waals surface area contributed by atoms with Crippen molar-refractivity contribution in [1.29, 1.82) is 0 Å². The summed E-state index contributed by atoms with van der Waals surface area (Å²) in [5.74, 6) is -0.984. The molecule has 3 N–H and O–H groups in total. The molecule has 0 amide bonds. The number of aryl methyl sites for hydroxylation is 1. The molecule has 0 saturated heterocycles. The number of nitrogens with one attached hydrogen (secondary N) is 1. The molecule has 102 valence electrons. The Hall–Kier alpha value is -1.45. The van der Waals surface area contributed by atoms with E-state index in [-0.39, 0.29) is 24.5 Å². The zero-order valence-corrected chi connectivity index (χ0v) is 10.6. The lowest BCUT2D eigenvalue weighted by Crippen LogP contribution is -2.34. The van der Waals surface area contributed by atoms with Crippen LogP contribution in [0, 0.1) is 0 Å². The molecule has 0 fully saturated rings. The Morgan fingerprint density at radius 2 is 2.28 bits per heavy atom. The van der Waals surface area contributed by atoms with E-state index in [1.54, 1.807) is 0 Å². The summed E-state index contributed by atoms with van der Waals surface area (Å²) < 4.78 is 27.0. The highest BCUT2D eigenvalue weighted by Crippen LogP contribution is 2.08. The quantitative estimate of drug-likeness (QED) is 0.588. The maximum atomic E-state index is 11.8. The fourth-order valence-electron chi connectivity index (χ4n) is 1.19. The van der Waals surface area contributed by atoms with Gasteiger partial charge in [0.15, 0.2) is 0 Å². The van der Waals surface area contributed by atoms with Gasteiger partial charge in [-0.3, -0.25) is 9.48 Å². The van der Waals surface area contributed by atoms with E-state index in [2.05, 4.69) is 9.82 Å². The normalized spacial score (nSPS) is 13.4. The van der Waals surface area contributed by atoms with Crippen LogP contribution in [0.5, 0.6) is 0 Å². The first-order valence-electron chi connectivity index (χ1n) is 5.22. The molecule has 0 spiro atoms. The Kier molecular flexibility index (Phi) is 4.82. The molecule has 1 unspecified atom stereocenters. The van der Waals surface area contributed by atoms with Crippen LogP contribution in [0.1, 0.15) is 13.3 Å². The minimum absolute atomic E-state index is 0.0619. The minimum Gasteiger partial charge on any atom is -0.481 e. The predicted octanol–water partition coefficient (Wildman–Crippen LogP) is -0.983. The second kappa shape index (κ2) is 5.94. The molecule has 0 bridgehead atoms. The predicted molar refractivity (Wildman–Crippen MR) is 61.3 cm³/mol. The first-order valence-corrected chi connectivity index (χ1v) is 6.71. The minimum atomic E-state index is -3.73. The van der Waals surface area contributed by atoms with Gasteiger partial charge in [-0.05, 0) is 6.92 Å². The van der Waals surface area contributed by atoms with Gasteiger partial charge in [-0.15, -0.1) is 0 Å². The highest BCUT2D eigenvalue weighted by molar-refractivity contribution is 7.89. The molecule has 0 aliphatic heterocycles. The SMILES string of the molecule is CC(CO)NS(=O)(=O)c1cnn(CCC(=O)O)c1. The second-order valence-corrected chi connectivity index (χ2v) is 5.50. The molecule has 8 nitrogen and oxygen atoms in total. The molecule has 1 aromatic heterocycles. The van der Waals surface area contributed by atoms with Crippen LogP contribution >= 0.6 is 0 Å². The maximum Gasteiger partial charge on any atom is 0.305 e. The lowest BCUT2D eigenvalue weighted by molar-refractivity contribution is -0.137. The van der Waals surface area contributed by atoms with E-state index in [9.17, 15) is 13.2 Å². The van der Waals surface area contributed by atoms with Crippen LogP contribution in [0.15, 0.2) is 17.3 Å². The van der Waals surface area contributed by atoms with Crippen molar-refractivity contribution in [2.75, 3.05) is 6.61 Å². The van der Waals surface area contributed by atoms with Crippen LogP contribution in [-0.2, 0) is 21.4 Å². The van der Waals surface area contributed by atoms with Gasteiger partial charge >= 0.3 is 5.97 Å². The Bertz CT molecular complexity index is 510. The lowest BCUT2D eigenvalue weighted by Gasteiger charge is -2.09. The van der Waals surface area contributed by atoms with Crippen molar-refractivity contribution in [3.8, 4) is 0 Å². The number of aliphatic hydroxyl groups is 1. The molecule has 9 heteroatoms. The third-order valence-corrected chi connectivity index (χ3v) is 3.65. The van der Waals surface area contributed by atoms with Gasteiger partial charge in [0.1, 0.15) is 4.90 Å². The zero-order chi connectivity index (χ0) is 13.8. The fourth-order valence-corrected chi connectivity index (χ4v) is 2.37. The molecule has 0 aliphatic carbocycles. The number of aliphatic hydroxyl groups excluding tert-OH is 1. The smallest absolute Gasteiger partial charge is 0.305 e. The third kappa shape index (κ3) is 4.09. The largest absolute Gasteiger partial charge is 0.481 e. The van der Waals surface area contributed by atoms with Gasteiger partial charge < -0.3 is 10.2 Å². The van der Waals surface area contributed by atoms with Crippen molar-refractivity contribution in [1.82, 2.24) is 14.5 Å². The number of carbonyl (C=O) groups is 1. The molecule has 0 aliphatic rings. The number of aromatic nitrogens is 2. The number of sulfonamides is 1. The van der Waals surface area contributed by atoms with Crippen molar-refractivity contribution in [3.05, 3.63) is 12.4 Å². The highest BCUT2D eigenvalue weighted by Gasteiger charge is 2.18. The Labute approximate surface area is 104 Å². The van der Waals surface area contributed by atoms with Crippen molar-refractivity contribution >= 4 is 16.0 Å². The fraction of sp³-hybridized carbons (Fsp3) is 0.556. The first-order chi connectivity index (χ1) is 8.35. The summed E-state index contributed by atoms with van der Waals surface area (Å²) in [5, 5.41) is 21.0. The monoisotopic (exact) mass is 277 g/mol. The number of aliphatic carboxylic acids is 1. The average molecular weight is 277 g/mol. The number of hydrogen-bond donors (Lipinski definition) is 3. The Morgan fingerprint density at radius 1 is 1.61 bits per heavy atom. The molecular formula is C9H15N3O5S. The molecule has 0 radical (unpaired) electrons. The van der Waals surface area contributed by atoms with E-state index in [0.29, 0.717) is 0 Å². The van der Waals surface area contributed by atoms with Gasteiger partial charge in [-0.25, -0.2) is 13.1 Å². The summed E-state index contributed by atoms with van der Waals surface area (Å²) in [5.41, 5.74) is 0. The molecular weight excluding hydrogens is 262 g/mol. The van der Waals surface area contributed by atoms with Gasteiger partial charge in [0.2, 0.25) is 10.0 Å². The van der Waals surface area contributed by atoms with Gasteiger partial charge in [0.25, 0.3) is 0 Å². The van der Waals surface area contributed by atoms with E-state index in [4.69, 9.17) is 10.2 Å². The summed E-state index contributed by atoms with van der Waals surface area (Å²) in [6.45, 7) is 1.30. The van der Waals surface area contributed by atoms with Crippen molar-refractivity contribution < 1.29 is 23.4 Å². The topological polar surface area (TPSA) is 122 Å². The Morgan fingerprint density at radius 3 is 2.83 bits per heavy atom. The van der Waals surface area contributed by atoms with E-state index >= 15 is 0 Å². The van der Waals surface area contributed by atoms with Crippen LogP contribution in [0.25, 0.3) is 0 Å². The van der Waals surface area contributed by atoms with Gasteiger partial charge in [0, 0.05) is 12.2 Å². The van der Waals surface area contributed by atoms with Gasteiger partial charge in [0.05, 0.1) is 25.8 Å². The zero-order valence-electron chi connectivity index (χ0n) is 9.78. The number of carboxylic acids is 1. The number of nitrogens with zero attached hydrogens (tertiary/aromatic N) is 2. The molecule has 0 aromatic carbocycles. The maximum absolute atomic E-state index is 11.8. The van der Waals surface area contributed by atoms with Gasteiger partial charge in [-0.1, -0.05) is 0 Å². The van der Waals surface area contributed by atoms with E-state index in [1.807, 2.05) is 0 Å². The van der Waals surface area contributed by atoms with Crippen LogP contribution in [0.3, 0.4) is 0 Å². The average Bonchev–Trinajstić information content (AvgIpc) is 2.75.